The lowest BCUT2D eigenvalue weighted by atomic mass is 10.4. The third kappa shape index (κ3) is 1.29. The Labute approximate surface area is 96.2 Å². The Hall–Kier alpha value is -1.88. The first-order valence-corrected chi connectivity index (χ1v) is 5.68. The highest BCUT2D eigenvalue weighted by molar-refractivity contribution is 7.13. The lowest BCUT2D eigenvalue weighted by Crippen LogP contribution is -1.93. The monoisotopic (exact) mass is 231 g/mol. The van der Waals surface area contributed by atoms with Crippen LogP contribution in [0.15, 0.2) is 36.1 Å². The number of methoxy groups -OCH3 is 1. The molecule has 0 bridgehead atoms. The summed E-state index contributed by atoms with van der Waals surface area (Å²) in [7, 11) is 1.60. The van der Waals surface area contributed by atoms with E-state index in [1.165, 1.54) is 4.88 Å². The number of thiophene rings is 1. The van der Waals surface area contributed by atoms with Crippen LogP contribution in [0, 0.1) is 0 Å². The Morgan fingerprint density at radius 1 is 1.38 bits per heavy atom. The summed E-state index contributed by atoms with van der Waals surface area (Å²) in [4.78, 5) is 9.63. The van der Waals surface area contributed by atoms with E-state index in [1.807, 2.05) is 28.2 Å². The van der Waals surface area contributed by atoms with Crippen molar-refractivity contribution in [3.05, 3.63) is 36.1 Å². The summed E-state index contributed by atoms with van der Waals surface area (Å²) in [5.41, 5.74) is 1.80. The minimum Gasteiger partial charge on any atom is -0.478 e. The molecular formula is C11H9N3OS. The summed E-state index contributed by atoms with van der Waals surface area (Å²) in [5, 5.41) is 2.05. The molecule has 0 aliphatic carbocycles. The standard InChI is InChI=1S/C11H9N3OS/c1-15-11-10-13-7-8(9-3-2-6-16-9)14(10)5-4-12-11/h2-7H,1H3. The maximum Gasteiger partial charge on any atom is 0.258 e. The van der Waals surface area contributed by atoms with E-state index in [9.17, 15) is 0 Å². The Morgan fingerprint density at radius 2 is 2.31 bits per heavy atom. The van der Waals surface area contributed by atoms with Crippen LogP contribution in [-0.4, -0.2) is 21.5 Å². The molecule has 3 aromatic heterocycles. The van der Waals surface area contributed by atoms with Crippen molar-refractivity contribution in [1.82, 2.24) is 14.4 Å². The lowest BCUT2D eigenvalue weighted by Gasteiger charge is -2.01. The minimum absolute atomic E-state index is 0.547. The van der Waals surface area contributed by atoms with Gasteiger partial charge in [0.15, 0.2) is 0 Å². The summed E-state index contributed by atoms with van der Waals surface area (Å²) >= 11 is 1.69. The number of hydrogen-bond acceptors (Lipinski definition) is 4. The van der Waals surface area contributed by atoms with Crippen molar-refractivity contribution in [3.8, 4) is 16.5 Å². The molecule has 4 nitrogen and oxygen atoms in total. The van der Waals surface area contributed by atoms with Crippen LogP contribution >= 0.6 is 11.3 Å². The molecule has 0 atom stereocenters. The van der Waals surface area contributed by atoms with Gasteiger partial charge in [0, 0.05) is 12.4 Å². The predicted molar refractivity (Wildman–Crippen MR) is 62.9 cm³/mol. The van der Waals surface area contributed by atoms with Crippen LogP contribution < -0.4 is 4.74 Å². The lowest BCUT2D eigenvalue weighted by molar-refractivity contribution is 0.400. The predicted octanol–water partition coefficient (Wildman–Crippen LogP) is 2.47. The van der Waals surface area contributed by atoms with E-state index in [1.54, 1.807) is 24.6 Å². The molecule has 0 spiro atoms. The maximum absolute atomic E-state index is 5.17. The van der Waals surface area contributed by atoms with Gasteiger partial charge < -0.3 is 4.74 Å². The molecule has 80 valence electrons. The summed E-state index contributed by atoms with van der Waals surface area (Å²) in [6, 6.07) is 4.10. The molecule has 16 heavy (non-hydrogen) atoms. The topological polar surface area (TPSA) is 39.4 Å². The fourth-order valence-corrected chi connectivity index (χ4v) is 2.38. The highest BCUT2D eigenvalue weighted by atomic mass is 32.1. The molecule has 0 saturated heterocycles. The fraction of sp³-hybridized carbons (Fsp3) is 0.0909. The molecule has 0 fully saturated rings. The van der Waals surface area contributed by atoms with E-state index in [-0.39, 0.29) is 0 Å². The molecule has 0 unspecified atom stereocenters. The number of rotatable bonds is 2. The second kappa shape index (κ2) is 3.61. The summed E-state index contributed by atoms with van der Waals surface area (Å²) in [6.45, 7) is 0. The normalized spacial score (nSPS) is 10.8. The molecule has 3 rings (SSSR count). The Balaban J connectivity index is 2.29. The average molecular weight is 231 g/mol. The summed E-state index contributed by atoms with van der Waals surface area (Å²) in [5.74, 6) is 0.547. The van der Waals surface area contributed by atoms with Gasteiger partial charge in [0.25, 0.3) is 5.88 Å². The molecule has 0 saturated carbocycles. The zero-order chi connectivity index (χ0) is 11.0. The van der Waals surface area contributed by atoms with E-state index in [4.69, 9.17) is 4.74 Å². The van der Waals surface area contributed by atoms with Crippen molar-refractivity contribution in [3.63, 3.8) is 0 Å². The van der Waals surface area contributed by atoms with Crippen molar-refractivity contribution in [1.29, 1.82) is 0 Å². The van der Waals surface area contributed by atoms with Gasteiger partial charge in [-0.2, -0.15) is 0 Å². The number of fused-ring (bicyclic) bond motifs is 1. The number of aromatic nitrogens is 3. The second-order valence-electron chi connectivity index (χ2n) is 3.25. The van der Waals surface area contributed by atoms with Gasteiger partial charge in [0.05, 0.1) is 23.9 Å². The van der Waals surface area contributed by atoms with Crippen LogP contribution in [0.25, 0.3) is 16.2 Å². The van der Waals surface area contributed by atoms with Gasteiger partial charge in [0.1, 0.15) is 0 Å². The quantitative estimate of drug-likeness (QED) is 0.680. The van der Waals surface area contributed by atoms with Crippen molar-refractivity contribution in [2.24, 2.45) is 0 Å². The van der Waals surface area contributed by atoms with Gasteiger partial charge >= 0.3 is 0 Å². The Morgan fingerprint density at radius 3 is 3.06 bits per heavy atom. The first-order valence-electron chi connectivity index (χ1n) is 4.80. The number of hydrogen-bond donors (Lipinski definition) is 0. The second-order valence-corrected chi connectivity index (χ2v) is 4.20. The molecule has 3 heterocycles. The number of nitrogens with zero attached hydrogens (tertiary/aromatic N) is 3. The fourth-order valence-electron chi connectivity index (χ4n) is 1.65. The molecule has 5 heteroatoms. The molecule has 0 N–H and O–H groups in total. The highest BCUT2D eigenvalue weighted by Gasteiger charge is 2.10. The average Bonchev–Trinajstić information content (AvgIpc) is 2.96. The van der Waals surface area contributed by atoms with Crippen molar-refractivity contribution in [2.45, 2.75) is 0 Å². The molecule has 0 aliphatic heterocycles. The third-order valence-electron chi connectivity index (χ3n) is 2.36. The molecule has 0 radical (unpaired) electrons. The van der Waals surface area contributed by atoms with Gasteiger partial charge in [-0.05, 0) is 11.4 Å². The van der Waals surface area contributed by atoms with E-state index in [0.717, 1.165) is 11.3 Å². The van der Waals surface area contributed by atoms with Crippen LogP contribution in [0.3, 0.4) is 0 Å². The first-order chi connectivity index (χ1) is 7.90. The summed E-state index contributed by atoms with van der Waals surface area (Å²) in [6.07, 6.45) is 5.44. The smallest absolute Gasteiger partial charge is 0.258 e. The van der Waals surface area contributed by atoms with Crippen LogP contribution in [0.4, 0.5) is 0 Å². The van der Waals surface area contributed by atoms with Crippen molar-refractivity contribution >= 4 is 17.0 Å². The first kappa shape index (κ1) is 9.35. The van der Waals surface area contributed by atoms with Gasteiger partial charge in [-0.25, -0.2) is 9.97 Å². The summed E-state index contributed by atoms with van der Waals surface area (Å²) < 4.78 is 7.15. The Bertz CT molecular complexity index is 615. The zero-order valence-electron chi connectivity index (χ0n) is 8.62. The van der Waals surface area contributed by atoms with Crippen LogP contribution in [0.5, 0.6) is 5.88 Å². The molecule has 0 aliphatic rings. The maximum atomic E-state index is 5.17. The van der Waals surface area contributed by atoms with Gasteiger partial charge in [-0.15, -0.1) is 11.3 Å². The van der Waals surface area contributed by atoms with E-state index in [0.29, 0.717) is 5.88 Å². The van der Waals surface area contributed by atoms with E-state index in [2.05, 4.69) is 16.0 Å². The Kier molecular flexibility index (Phi) is 2.11. The molecule has 0 aromatic carbocycles. The highest BCUT2D eigenvalue weighted by Crippen LogP contribution is 2.27. The molecule has 3 aromatic rings. The van der Waals surface area contributed by atoms with Crippen molar-refractivity contribution in [2.75, 3.05) is 7.11 Å². The number of imidazole rings is 1. The zero-order valence-corrected chi connectivity index (χ0v) is 9.44. The SMILES string of the molecule is COc1nccn2c(-c3cccs3)cnc12. The molecule has 0 amide bonds. The number of ether oxygens (including phenoxy) is 1. The van der Waals surface area contributed by atoms with Gasteiger partial charge in [-0.1, -0.05) is 6.07 Å². The van der Waals surface area contributed by atoms with Gasteiger partial charge in [-0.3, -0.25) is 4.40 Å². The van der Waals surface area contributed by atoms with Crippen LogP contribution in [-0.2, 0) is 0 Å². The van der Waals surface area contributed by atoms with Crippen molar-refractivity contribution < 1.29 is 4.74 Å². The van der Waals surface area contributed by atoms with E-state index < -0.39 is 0 Å². The van der Waals surface area contributed by atoms with E-state index >= 15 is 0 Å². The third-order valence-corrected chi connectivity index (χ3v) is 3.26. The van der Waals surface area contributed by atoms with Crippen LogP contribution in [0.1, 0.15) is 0 Å². The molecular weight excluding hydrogens is 222 g/mol. The minimum atomic E-state index is 0.547. The van der Waals surface area contributed by atoms with Gasteiger partial charge in [0.2, 0.25) is 5.65 Å². The van der Waals surface area contributed by atoms with Crippen LogP contribution in [0.2, 0.25) is 0 Å². The largest absolute Gasteiger partial charge is 0.478 e.